The van der Waals surface area contributed by atoms with E-state index in [-0.39, 0.29) is 6.04 Å². The number of hydrogen-bond donors (Lipinski definition) is 1. The number of hydrogen-bond acceptors (Lipinski definition) is 3. The fourth-order valence-electron chi connectivity index (χ4n) is 1.71. The molecule has 0 fully saturated rings. The summed E-state index contributed by atoms with van der Waals surface area (Å²) in [5, 5.41) is 6.68. The largest absolute Gasteiger partial charge is 0.304 e. The molecule has 5 heteroatoms. The third kappa shape index (κ3) is 3.23. The van der Waals surface area contributed by atoms with Crippen LogP contribution in [0.2, 0.25) is 10.0 Å². The highest BCUT2D eigenvalue weighted by Gasteiger charge is 2.18. The number of thiophene rings is 1. The number of nitrogens with zero attached hydrogens (tertiary/aromatic N) is 1. The molecule has 0 aliphatic heterocycles. The molecule has 0 saturated carbocycles. The SMILES string of the molecule is CCCNC(c1cccs1)c1ncc(Cl)cc1Cl. The molecule has 1 unspecified atom stereocenters. The lowest BCUT2D eigenvalue weighted by Crippen LogP contribution is -2.23. The van der Waals surface area contributed by atoms with Crippen LogP contribution >= 0.6 is 34.5 Å². The molecule has 0 saturated heterocycles. The van der Waals surface area contributed by atoms with Gasteiger partial charge in [-0.1, -0.05) is 36.2 Å². The van der Waals surface area contributed by atoms with E-state index in [1.54, 1.807) is 23.6 Å². The van der Waals surface area contributed by atoms with Gasteiger partial charge in [0.15, 0.2) is 0 Å². The van der Waals surface area contributed by atoms with Crippen LogP contribution in [-0.4, -0.2) is 11.5 Å². The van der Waals surface area contributed by atoms with Gasteiger partial charge in [-0.2, -0.15) is 0 Å². The van der Waals surface area contributed by atoms with E-state index in [1.807, 2.05) is 6.07 Å². The van der Waals surface area contributed by atoms with Crippen molar-refractivity contribution in [2.24, 2.45) is 0 Å². The quantitative estimate of drug-likeness (QED) is 0.877. The first kappa shape index (κ1) is 13.8. The van der Waals surface area contributed by atoms with Crippen LogP contribution < -0.4 is 5.32 Å². The Morgan fingerprint density at radius 1 is 1.44 bits per heavy atom. The molecule has 0 aromatic carbocycles. The second-order valence-electron chi connectivity index (χ2n) is 3.92. The van der Waals surface area contributed by atoms with Crippen LogP contribution in [0.4, 0.5) is 0 Å². The van der Waals surface area contributed by atoms with Crippen molar-refractivity contribution in [1.29, 1.82) is 0 Å². The number of pyridine rings is 1. The van der Waals surface area contributed by atoms with Crippen molar-refractivity contribution in [3.63, 3.8) is 0 Å². The minimum atomic E-state index is 0.0368. The zero-order valence-corrected chi connectivity index (χ0v) is 12.3. The molecule has 2 nitrogen and oxygen atoms in total. The molecule has 96 valence electrons. The summed E-state index contributed by atoms with van der Waals surface area (Å²) >= 11 is 13.8. The molecule has 2 rings (SSSR count). The van der Waals surface area contributed by atoms with Gasteiger partial charge in [0, 0.05) is 11.1 Å². The van der Waals surface area contributed by atoms with Crippen LogP contribution in [-0.2, 0) is 0 Å². The van der Waals surface area contributed by atoms with E-state index in [2.05, 4.69) is 28.7 Å². The molecule has 0 aliphatic rings. The van der Waals surface area contributed by atoms with Crippen LogP contribution in [0, 0.1) is 0 Å². The van der Waals surface area contributed by atoms with Gasteiger partial charge in [-0.15, -0.1) is 11.3 Å². The lowest BCUT2D eigenvalue weighted by molar-refractivity contribution is 0.594. The summed E-state index contributed by atoms with van der Waals surface area (Å²) in [4.78, 5) is 5.58. The van der Waals surface area contributed by atoms with Crippen molar-refractivity contribution in [2.45, 2.75) is 19.4 Å². The molecular weight excluding hydrogens is 287 g/mol. The predicted octanol–water partition coefficient (Wildman–Crippen LogP) is 4.54. The standard InChI is InChI=1S/C13H14Cl2N2S/c1-2-5-16-13(11-4-3-6-18-11)12-10(15)7-9(14)8-17-12/h3-4,6-8,13,16H,2,5H2,1H3. The monoisotopic (exact) mass is 300 g/mol. The topological polar surface area (TPSA) is 24.9 Å². The molecule has 1 atom stereocenters. The first-order valence-electron chi connectivity index (χ1n) is 5.80. The van der Waals surface area contributed by atoms with Gasteiger partial charge < -0.3 is 5.32 Å². The van der Waals surface area contributed by atoms with Crippen molar-refractivity contribution in [2.75, 3.05) is 6.54 Å². The van der Waals surface area contributed by atoms with Crippen molar-refractivity contribution >= 4 is 34.5 Å². The van der Waals surface area contributed by atoms with Gasteiger partial charge in [-0.3, -0.25) is 4.98 Å². The Bertz CT molecular complexity index is 500. The molecule has 2 heterocycles. The number of halogens is 2. The van der Waals surface area contributed by atoms with Gasteiger partial charge in [0.1, 0.15) is 0 Å². The summed E-state index contributed by atoms with van der Waals surface area (Å²) in [6.07, 6.45) is 2.70. The third-order valence-corrected chi connectivity index (χ3v) is 3.98. The number of rotatable bonds is 5. The third-order valence-electron chi connectivity index (χ3n) is 2.54. The summed E-state index contributed by atoms with van der Waals surface area (Å²) in [5.41, 5.74) is 0.831. The predicted molar refractivity (Wildman–Crippen MR) is 78.7 cm³/mol. The average molecular weight is 301 g/mol. The molecule has 2 aromatic rings. The van der Waals surface area contributed by atoms with Crippen LogP contribution in [0.25, 0.3) is 0 Å². The van der Waals surface area contributed by atoms with E-state index in [0.717, 1.165) is 18.7 Å². The van der Waals surface area contributed by atoms with E-state index in [1.165, 1.54) is 4.88 Å². The Kier molecular flexibility index (Phi) is 5.01. The van der Waals surface area contributed by atoms with Crippen LogP contribution in [0.15, 0.2) is 29.8 Å². The van der Waals surface area contributed by atoms with Crippen LogP contribution in [0.1, 0.15) is 30.0 Å². The number of nitrogens with one attached hydrogen (secondary N) is 1. The Morgan fingerprint density at radius 3 is 2.89 bits per heavy atom. The van der Waals surface area contributed by atoms with Crippen LogP contribution in [0.5, 0.6) is 0 Å². The van der Waals surface area contributed by atoms with Crippen LogP contribution in [0.3, 0.4) is 0 Å². The van der Waals surface area contributed by atoms with E-state index in [0.29, 0.717) is 10.0 Å². The van der Waals surface area contributed by atoms with Gasteiger partial charge in [0.25, 0.3) is 0 Å². The molecular formula is C13H14Cl2N2S. The highest BCUT2D eigenvalue weighted by molar-refractivity contribution is 7.10. The maximum Gasteiger partial charge on any atom is 0.0860 e. The van der Waals surface area contributed by atoms with E-state index < -0.39 is 0 Å². The summed E-state index contributed by atoms with van der Waals surface area (Å²) < 4.78 is 0. The Morgan fingerprint density at radius 2 is 2.28 bits per heavy atom. The fraction of sp³-hybridized carbons (Fsp3) is 0.308. The zero-order valence-electron chi connectivity index (χ0n) is 9.99. The fourth-order valence-corrected chi connectivity index (χ4v) is 3.01. The first-order chi connectivity index (χ1) is 8.72. The molecule has 0 aliphatic carbocycles. The minimum Gasteiger partial charge on any atom is -0.304 e. The molecule has 0 amide bonds. The highest BCUT2D eigenvalue weighted by atomic mass is 35.5. The molecule has 0 bridgehead atoms. The van der Waals surface area contributed by atoms with Crippen molar-refractivity contribution in [1.82, 2.24) is 10.3 Å². The maximum absolute atomic E-state index is 6.24. The van der Waals surface area contributed by atoms with Crippen molar-refractivity contribution < 1.29 is 0 Å². The first-order valence-corrected chi connectivity index (χ1v) is 7.43. The van der Waals surface area contributed by atoms with Crippen molar-refractivity contribution in [3.05, 3.63) is 50.4 Å². The lowest BCUT2D eigenvalue weighted by Gasteiger charge is -2.17. The summed E-state index contributed by atoms with van der Waals surface area (Å²) in [6.45, 7) is 3.05. The Balaban J connectivity index is 2.33. The molecule has 1 N–H and O–H groups in total. The molecule has 2 aromatic heterocycles. The maximum atomic E-state index is 6.24. The second-order valence-corrected chi connectivity index (χ2v) is 5.75. The Labute approximate surface area is 121 Å². The van der Waals surface area contributed by atoms with E-state index in [4.69, 9.17) is 23.2 Å². The smallest absolute Gasteiger partial charge is 0.0860 e. The van der Waals surface area contributed by atoms with Gasteiger partial charge in [0.05, 0.1) is 21.8 Å². The van der Waals surface area contributed by atoms with Gasteiger partial charge in [0.2, 0.25) is 0 Å². The van der Waals surface area contributed by atoms with Gasteiger partial charge >= 0.3 is 0 Å². The Hall–Kier alpha value is -0.610. The lowest BCUT2D eigenvalue weighted by atomic mass is 10.1. The minimum absolute atomic E-state index is 0.0368. The molecule has 0 radical (unpaired) electrons. The highest BCUT2D eigenvalue weighted by Crippen LogP contribution is 2.30. The summed E-state index contributed by atoms with van der Waals surface area (Å²) in [5.74, 6) is 0. The summed E-state index contributed by atoms with van der Waals surface area (Å²) in [7, 11) is 0. The number of aromatic nitrogens is 1. The second kappa shape index (κ2) is 6.53. The zero-order chi connectivity index (χ0) is 13.0. The normalized spacial score (nSPS) is 12.6. The molecule has 18 heavy (non-hydrogen) atoms. The van der Waals surface area contributed by atoms with Crippen molar-refractivity contribution in [3.8, 4) is 0 Å². The summed E-state index contributed by atoms with van der Waals surface area (Å²) in [6, 6.07) is 5.89. The van der Waals surface area contributed by atoms with Gasteiger partial charge in [-0.05, 0) is 30.5 Å². The molecule has 0 spiro atoms. The van der Waals surface area contributed by atoms with E-state index >= 15 is 0 Å². The van der Waals surface area contributed by atoms with E-state index in [9.17, 15) is 0 Å². The van der Waals surface area contributed by atoms with Gasteiger partial charge in [-0.25, -0.2) is 0 Å². The average Bonchev–Trinajstić information content (AvgIpc) is 2.85.